The van der Waals surface area contributed by atoms with Crippen LogP contribution in [0.3, 0.4) is 0 Å². The van der Waals surface area contributed by atoms with E-state index in [4.69, 9.17) is 0 Å². The van der Waals surface area contributed by atoms with Crippen molar-refractivity contribution in [2.24, 2.45) is 0 Å². The highest BCUT2D eigenvalue weighted by molar-refractivity contribution is 7.90. The lowest BCUT2D eigenvalue weighted by Gasteiger charge is -2.13. The summed E-state index contributed by atoms with van der Waals surface area (Å²) in [6.07, 6.45) is -3.42. The van der Waals surface area contributed by atoms with E-state index in [0.29, 0.717) is 0 Å². The van der Waals surface area contributed by atoms with Gasteiger partial charge in [-0.2, -0.15) is 13.2 Å². The van der Waals surface area contributed by atoms with Crippen molar-refractivity contribution >= 4 is 15.5 Å². The van der Waals surface area contributed by atoms with E-state index in [2.05, 4.69) is 5.32 Å². The summed E-state index contributed by atoms with van der Waals surface area (Å²) in [6, 6.07) is 4.95. The summed E-state index contributed by atoms with van der Waals surface area (Å²) in [5, 5.41) is 2.48. The van der Waals surface area contributed by atoms with Crippen molar-refractivity contribution in [3.8, 4) is 0 Å². The molecule has 0 unspecified atom stereocenters. The van der Waals surface area contributed by atoms with Gasteiger partial charge in [-0.25, -0.2) is 8.42 Å². The van der Waals surface area contributed by atoms with Crippen LogP contribution in [-0.4, -0.2) is 27.0 Å². The Morgan fingerprint density at radius 3 is 2.35 bits per heavy atom. The molecule has 0 saturated heterocycles. The molecule has 0 aromatic heterocycles. The number of rotatable bonds is 4. The van der Waals surface area contributed by atoms with Crippen molar-refractivity contribution in [1.82, 2.24) is 0 Å². The molecule has 3 nitrogen and oxygen atoms in total. The van der Waals surface area contributed by atoms with Crippen LogP contribution in [0.15, 0.2) is 24.3 Å². The molecule has 1 aromatic rings. The summed E-state index contributed by atoms with van der Waals surface area (Å²) in [7, 11) is -3.19. The average molecular weight is 267 g/mol. The fourth-order valence-electron chi connectivity index (χ4n) is 1.26. The Morgan fingerprint density at radius 1 is 1.24 bits per heavy atom. The fourth-order valence-corrected chi connectivity index (χ4v) is 1.73. The summed E-state index contributed by atoms with van der Waals surface area (Å²) in [6.45, 7) is -0.0497. The van der Waals surface area contributed by atoms with Gasteiger partial charge in [-0.3, -0.25) is 0 Å². The van der Waals surface area contributed by atoms with Gasteiger partial charge >= 0.3 is 6.18 Å². The zero-order valence-corrected chi connectivity index (χ0v) is 9.90. The maximum atomic E-state index is 12.6. The number of nitrogens with one attached hydrogen (secondary N) is 1. The fraction of sp³-hybridized carbons (Fsp3) is 0.400. The Hall–Kier alpha value is -1.24. The second-order valence-corrected chi connectivity index (χ2v) is 5.86. The van der Waals surface area contributed by atoms with Gasteiger partial charge in [0.25, 0.3) is 0 Å². The predicted molar refractivity (Wildman–Crippen MR) is 59.6 cm³/mol. The van der Waals surface area contributed by atoms with Crippen LogP contribution in [0, 0.1) is 0 Å². The van der Waals surface area contributed by atoms with Crippen LogP contribution in [0.2, 0.25) is 0 Å². The molecule has 0 radical (unpaired) electrons. The molecule has 0 amide bonds. The molecule has 0 fully saturated rings. The molecule has 1 aromatic carbocycles. The molecular formula is C10H12F3NO2S. The lowest BCUT2D eigenvalue weighted by atomic mass is 10.1. The Balaban J connectivity index is 2.78. The minimum Gasteiger partial charge on any atom is -0.384 e. The van der Waals surface area contributed by atoms with Crippen LogP contribution in [0.1, 0.15) is 5.56 Å². The van der Waals surface area contributed by atoms with Crippen LogP contribution in [-0.2, 0) is 16.0 Å². The Labute approximate surface area is 97.6 Å². The van der Waals surface area contributed by atoms with E-state index in [1.165, 1.54) is 18.2 Å². The first-order chi connectivity index (χ1) is 7.70. The zero-order valence-electron chi connectivity index (χ0n) is 9.08. The molecule has 7 heteroatoms. The van der Waals surface area contributed by atoms with Gasteiger partial charge in [0.1, 0.15) is 9.84 Å². The highest BCUT2D eigenvalue weighted by Gasteiger charge is 2.32. The van der Waals surface area contributed by atoms with Gasteiger partial charge in [-0.1, -0.05) is 12.1 Å². The molecule has 0 aliphatic carbocycles. The molecule has 1 rings (SSSR count). The monoisotopic (exact) mass is 267 g/mol. The molecule has 0 aliphatic rings. The highest BCUT2D eigenvalue weighted by atomic mass is 32.2. The molecular weight excluding hydrogens is 255 g/mol. The summed E-state index contributed by atoms with van der Waals surface area (Å²) in [4.78, 5) is 0. The largest absolute Gasteiger partial charge is 0.418 e. The van der Waals surface area contributed by atoms with E-state index >= 15 is 0 Å². The molecule has 0 spiro atoms. The molecule has 96 valence electrons. The Morgan fingerprint density at radius 2 is 1.82 bits per heavy atom. The van der Waals surface area contributed by atoms with Crippen molar-refractivity contribution in [3.05, 3.63) is 29.8 Å². The van der Waals surface area contributed by atoms with E-state index in [9.17, 15) is 21.6 Å². The van der Waals surface area contributed by atoms with Gasteiger partial charge < -0.3 is 5.32 Å². The van der Waals surface area contributed by atoms with Crippen molar-refractivity contribution in [3.63, 3.8) is 0 Å². The number of anilines is 1. The molecule has 0 atom stereocenters. The van der Waals surface area contributed by atoms with Crippen LogP contribution in [0.4, 0.5) is 18.9 Å². The van der Waals surface area contributed by atoms with Gasteiger partial charge in [0.15, 0.2) is 0 Å². The summed E-state index contributed by atoms with van der Waals surface area (Å²) >= 11 is 0. The number of alkyl halides is 3. The average Bonchev–Trinajstić information content (AvgIpc) is 2.15. The quantitative estimate of drug-likeness (QED) is 0.909. The second kappa shape index (κ2) is 4.95. The molecule has 0 saturated carbocycles. The number of halogens is 3. The maximum absolute atomic E-state index is 12.6. The van der Waals surface area contributed by atoms with Crippen LogP contribution >= 0.6 is 0 Å². The third-order valence-corrected chi connectivity index (χ3v) is 2.97. The van der Waals surface area contributed by atoms with Crippen LogP contribution < -0.4 is 5.32 Å². The van der Waals surface area contributed by atoms with Crippen molar-refractivity contribution in [2.45, 2.75) is 6.18 Å². The number of benzene rings is 1. The molecule has 17 heavy (non-hydrogen) atoms. The Kier molecular flexibility index (Phi) is 4.03. The van der Waals surface area contributed by atoms with Crippen LogP contribution in [0.25, 0.3) is 0 Å². The lowest BCUT2D eigenvalue weighted by molar-refractivity contribution is -0.136. The molecule has 0 aliphatic heterocycles. The topological polar surface area (TPSA) is 46.2 Å². The zero-order chi connectivity index (χ0) is 13.1. The molecule has 0 heterocycles. The van der Waals surface area contributed by atoms with Crippen molar-refractivity contribution in [2.75, 3.05) is 23.9 Å². The van der Waals surface area contributed by atoms with E-state index in [1.54, 1.807) is 0 Å². The lowest BCUT2D eigenvalue weighted by Crippen LogP contribution is -2.17. The first-order valence-electron chi connectivity index (χ1n) is 4.78. The third kappa shape index (κ3) is 4.64. The normalized spacial score (nSPS) is 12.5. The SMILES string of the molecule is CS(=O)(=O)CCNc1ccccc1C(F)(F)F. The Bertz CT molecular complexity index is 483. The van der Waals surface area contributed by atoms with E-state index in [-0.39, 0.29) is 18.0 Å². The molecule has 1 N–H and O–H groups in total. The third-order valence-electron chi connectivity index (χ3n) is 2.02. The number of sulfone groups is 1. The number of hydrogen-bond acceptors (Lipinski definition) is 3. The van der Waals surface area contributed by atoms with Gasteiger partial charge in [0.2, 0.25) is 0 Å². The van der Waals surface area contributed by atoms with E-state index < -0.39 is 21.6 Å². The first-order valence-corrected chi connectivity index (χ1v) is 6.84. The predicted octanol–water partition coefficient (Wildman–Crippen LogP) is 2.16. The summed E-state index contributed by atoms with van der Waals surface area (Å²) in [5.41, 5.74) is -0.905. The highest BCUT2D eigenvalue weighted by Crippen LogP contribution is 2.34. The number of hydrogen-bond donors (Lipinski definition) is 1. The van der Waals surface area contributed by atoms with Crippen LogP contribution in [0.5, 0.6) is 0 Å². The van der Waals surface area contributed by atoms with Gasteiger partial charge in [-0.05, 0) is 12.1 Å². The minimum atomic E-state index is -4.45. The first kappa shape index (κ1) is 13.8. The van der Waals surface area contributed by atoms with Gasteiger partial charge in [0.05, 0.1) is 11.3 Å². The van der Waals surface area contributed by atoms with E-state index in [1.807, 2.05) is 0 Å². The van der Waals surface area contributed by atoms with Gasteiger partial charge in [-0.15, -0.1) is 0 Å². The minimum absolute atomic E-state index is 0.0497. The van der Waals surface area contributed by atoms with Crippen molar-refractivity contribution < 1.29 is 21.6 Å². The smallest absolute Gasteiger partial charge is 0.384 e. The second-order valence-electron chi connectivity index (χ2n) is 3.60. The number of para-hydroxylation sites is 1. The summed E-state index contributed by atoms with van der Waals surface area (Å²) < 4.78 is 59.3. The maximum Gasteiger partial charge on any atom is 0.418 e. The summed E-state index contributed by atoms with van der Waals surface area (Å²) in [5.74, 6) is -0.209. The van der Waals surface area contributed by atoms with E-state index in [0.717, 1.165) is 12.3 Å². The standard InChI is InChI=1S/C10H12F3NO2S/c1-17(15,16)7-6-14-9-5-3-2-4-8(9)10(11,12)13/h2-5,14H,6-7H2,1H3. The van der Waals surface area contributed by atoms with Gasteiger partial charge in [0, 0.05) is 18.5 Å². The molecule has 0 bridgehead atoms. The van der Waals surface area contributed by atoms with Crippen molar-refractivity contribution in [1.29, 1.82) is 0 Å².